The molecule has 0 aliphatic heterocycles. The molecular formula is C14H21N3. The van der Waals surface area contributed by atoms with E-state index in [1.807, 2.05) is 12.4 Å². The Bertz CT molecular complexity index is 356. The molecule has 92 valence electrons. The number of aromatic amines is 1. The van der Waals surface area contributed by atoms with E-state index in [2.05, 4.69) is 15.5 Å². The van der Waals surface area contributed by atoms with Crippen LogP contribution in [0.3, 0.4) is 0 Å². The van der Waals surface area contributed by atoms with Crippen LogP contribution in [0.1, 0.15) is 37.7 Å². The zero-order valence-electron chi connectivity index (χ0n) is 10.2. The van der Waals surface area contributed by atoms with Crippen LogP contribution in [0.5, 0.6) is 0 Å². The van der Waals surface area contributed by atoms with E-state index in [0.717, 1.165) is 36.3 Å². The Morgan fingerprint density at radius 3 is 2.41 bits per heavy atom. The Balaban J connectivity index is 1.44. The normalized spacial score (nSPS) is 43.2. The summed E-state index contributed by atoms with van der Waals surface area (Å²) in [5.41, 5.74) is 1.29. The lowest BCUT2D eigenvalue weighted by Gasteiger charge is -2.54. The smallest absolute Gasteiger partial charge is 0.0532 e. The molecule has 1 aromatic rings. The van der Waals surface area contributed by atoms with Crippen LogP contribution < -0.4 is 5.32 Å². The van der Waals surface area contributed by atoms with Gasteiger partial charge in [-0.25, -0.2) is 0 Å². The lowest BCUT2D eigenvalue weighted by Crippen LogP contribution is -2.54. The zero-order chi connectivity index (χ0) is 11.2. The summed E-state index contributed by atoms with van der Waals surface area (Å²) >= 11 is 0. The number of H-pyrrole nitrogens is 1. The minimum Gasteiger partial charge on any atom is -0.309 e. The molecule has 3 nitrogen and oxygen atoms in total. The van der Waals surface area contributed by atoms with Crippen LogP contribution >= 0.6 is 0 Å². The lowest BCUT2D eigenvalue weighted by molar-refractivity contribution is -0.0142. The largest absolute Gasteiger partial charge is 0.309 e. The quantitative estimate of drug-likeness (QED) is 0.838. The van der Waals surface area contributed by atoms with Crippen LogP contribution in [0.25, 0.3) is 0 Å². The molecule has 0 amide bonds. The average Bonchev–Trinajstić information content (AvgIpc) is 2.80. The number of aromatic nitrogens is 2. The second-order valence-corrected chi connectivity index (χ2v) is 6.44. The molecule has 0 radical (unpaired) electrons. The van der Waals surface area contributed by atoms with E-state index in [0.29, 0.717) is 0 Å². The van der Waals surface area contributed by atoms with E-state index in [1.54, 1.807) is 6.42 Å². The molecule has 0 spiro atoms. The van der Waals surface area contributed by atoms with Crippen molar-refractivity contribution in [3.05, 3.63) is 18.0 Å². The molecule has 4 aliphatic carbocycles. The molecule has 4 bridgehead atoms. The first kappa shape index (κ1) is 10.1. The van der Waals surface area contributed by atoms with Crippen molar-refractivity contribution in [3.63, 3.8) is 0 Å². The summed E-state index contributed by atoms with van der Waals surface area (Å²) in [5, 5.41) is 10.7. The Hall–Kier alpha value is -0.830. The average molecular weight is 231 g/mol. The fraction of sp³-hybridized carbons (Fsp3) is 0.786. The van der Waals surface area contributed by atoms with Gasteiger partial charge in [0.25, 0.3) is 0 Å². The van der Waals surface area contributed by atoms with Crippen LogP contribution in [0, 0.1) is 23.7 Å². The fourth-order valence-electron chi connectivity index (χ4n) is 4.87. The Labute approximate surface area is 102 Å². The summed E-state index contributed by atoms with van der Waals surface area (Å²) in [5.74, 6) is 4.09. The summed E-state index contributed by atoms with van der Waals surface area (Å²) in [4.78, 5) is 0. The second kappa shape index (κ2) is 3.84. The van der Waals surface area contributed by atoms with Gasteiger partial charge in [0.05, 0.1) is 6.20 Å². The first-order valence-corrected chi connectivity index (χ1v) is 7.09. The fourth-order valence-corrected chi connectivity index (χ4v) is 4.87. The van der Waals surface area contributed by atoms with Gasteiger partial charge in [-0.3, -0.25) is 5.10 Å². The van der Waals surface area contributed by atoms with Gasteiger partial charge in [-0.2, -0.15) is 5.10 Å². The van der Waals surface area contributed by atoms with E-state index in [9.17, 15) is 0 Å². The van der Waals surface area contributed by atoms with Gasteiger partial charge < -0.3 is 5.32 Å². The summed E-state index contributed by atoms with van der Waals surface area (Å²) in [6, 6.07) is 0.790. The van der Waals surface area contributed by atoms with E-state index >= 15 is 0 Å². The molecule has 2 N–H and O–H groups in total. The van der Waals surface area contributed by atoms with E-state index in [1.165, 1.54) is 31.2 Å². The number of rotatable bonds is 3. The highest BCUT2D eigenvalue weighted by molar-refractivity contribution is 5.05. The van der Waals surface area contributed by atoms with Crippen LogP contribution in [0.2, 0.25) is 0 Å². The Morgan fingerprint density at radius 1 is 1.12 bits per heavy atom. The van der Waals surface area contributed by atoms with Gasteiger partial charge >= 0.3 is 0 Å². The third-order valence-electron chi connectivity index (χ3n) is 5.32. The van der Waals surface area contributed by atoms with Gasteiger partial charge in [-0.05, 0) is 55.8 Å². The van der Waals surface area contributed by atoms with Gasteiger partial charge in [-0.15, -0.1) is 0 Å². The molecule has 1 heterocycles. The monoisotopic (exact) mass is 231 g/mol. The Morgan fingerprint density at radius 2 is 1.82 bits per heavy atom. The summed E-state index contributed by atoms with van der Waals surface area (Å²) in [6.45, 7) is 0.990. The van der Waals surface area contributed by atoms with Gasteiger partial charge in [-0.1, -0.05) is 0 Å². The lowest BCUT2D eigenvalue weighted by atomic mass is 9.54. The summed E-state index contributed by atoms with van der Waals surface area (Å²) in [7, 11) is 0. The second-order valence-electron chi connectivity index (χ2n) is 6.44. The molecule has 1 aromatic heterocycles. The van der Waals surface area contributed by atoms with Gasteiger partial charge in [0.1, 0.15) is 0 Å². The number of nitrogens with zero attached hydrogens (tertiary/aromatic N) is 1. The van der Waals surface area contributed by atoms with Crippen LogP contribution in [-0.4, -0.2) is 16.2 Å². The van der Waals surface area contributed by atoms with Crippen molar-refractivity contribution in [2.75, 3.05) is 0 Å². The van der Waals surface area contributed by atoms with Gasteiger partial charge in [0, 0.05) is 24.3 Å². The number of nitrogens with one attached hydrogen (secondary N) is 2. The van der Waals surface area contributed by atoms with E-state index < -0.39 is 0 Å². The van der Waals surface area contributed by atoms with Crippen LogP contribution in [0.15, 0.2) is 12.4 Å². The molecule has 4 aliphatic rings. The molecule has 4 saturated carbocycles. The molecule has 0 saturated heterocycles. The van der Waals surface area contributed by atoms with E-state index in [-0.39, 0.29) is 0 Å². The maximum atomic E-state index is 4.01. The van der Waals surface area contributed by atoms with Crippen molar-refractivity contribution >= 4 is 0 Å². The number of hydrogen-bond donors (Lipinski definition) is 2. The molecule has 0 unspecified atom stereocenters. The maximum Gasteiger partial charge on any atom is 0.0532 e. The van der Waals surface area contributed by atoms with Gasteiger partial charge in [0.2, 0.25) is 0 Å². The highest BCUT2D eigenvalue weighted by Gasteiger charge is 2.47. The highest BCUT2D eigenvalue weighted by Crippen LogP contribution is 2.53. The van der Waals surface area contributed by atoms with Crippen molar-refractivity contribution < 1.29 is 0 Å². The van der Waals surface area contributed by atoms with Crippen molar-refractivity contribution in [1.29, 1.82) is 0 Å². The van der Waals surface area contributed by atoms with Crippen LogP contribution in [-0.2, 0) is 6.54 Å². The minimum atomic E-state index is 0.790. The third kappa shape index (κ3) is 1.71. The molecule has 17 heavy (non-hydrogen) atoms. The molecule has 3 heteroatoms. The summed E-state index contributed by atoms with van der Waals surface area (Å²) < 4.78 is 0. The molecule has 5 rings (SSSR count). The first-order chi connectivity index (χ1) is 8.38. The SMILES string of the molecule is c1n[nH]cc1CNC1C2CC3CC(C2)CC1C3. The molecular weight excluding hydrogens is 210 g/mol. The highest BCUT2D eigenvalue weighted by atomic mass is 15.1. The predicted octanol–water partition coefficient (Wildman–Crippen LogP) is 2.32. The minimum absolute atomic E-state index is 0.790. The molecule has 0 atom stereocenters. The van der Waals surface area contributed by atoms with Crippen molar-refractivity contribution in [2.24, 2.45) is 23.7 Å². The maximum absolute atomic E-state index is 4.01. The van der Waals surface area contributed by atoms with Crippen molar-refractivity contribution in [2.45, 2.75) is 44.7 Å². The topological polar surface area (TPSA) is 40.7 Å². The van der Waals surface area contributed by atoms with E-state index in [4.69, 9.17) is 0 Å². The van der Waals surface area contributed by atoms with Crippen molar-refractivity contribution in [3.8, 4) is 0 Å². The zero-order valence-corrected chi connectivity index (χ0v) is 10.2. The predicted molar refractivity (Wildman–Crippen MR) is 66.3 cm³/mol. The van der Waals surface area contributed by atoms with Gasteiger partial charge in [0.15, 0.2) is 0 Å². The van der Waals surface area contributed by atoms with Crippen LogP contribution in [0.4, 0.5) is 0 Å². The number of hydrogen-bond acceptors (Lipinski definition) is 2. The summed E-state index contributed by atoms with van der Waals surface area (Å²) in [6.07, 6.45) is 11.5. The third-order valence-corrected chi connectivity index (χ3v) is 5.32. The standard InChI is InChI=1S/C14H21N3/c1-9-2-12-4-10(1)5-13(3-9)14(12)15-6-11-7-16-17-8-11/h7-10,12-15H,1-6H2,(H,16,17). The Kier molecular flexibility index (Phi) is 2.29. The van der Waals surface area contributed by atoms with Crippen molar-refractivity contribution in [1.82, 2.24) is 15.5 Å². The molecule has 0 aromatic carbocycles. The molecule has 4 fully saturated rings. The first-order valence-electron chi connectivity index (χ1n) is 7.09.